The number of sulfonamides is 1. The second-order valence-corrected chi connectivity index (χ2v) is 8.45. The van der Waals surface area contributed by atoms with Crippen molar-refractivity contribution in [1.29, 1.82) is 0 Å². The average Bonchev–Trinajstić information content (AvgIpc) is 2.82. The lowest BCUT2D eigenvalue weighted by atomic mass is 10.1. The van der Waals surface area contributed by atoms with Gasteiger partial charge in [-0.1, -0.05) is 36.9 Å². The van der Waals surface area contributed by atoms with Crippen LogP contribution < -0.4 is 25.0 Å². The number of carbonyl (C=O) groups is 1. The number of hydrogen-bond donors (Lipinski definition) is 3. The number of hydrogen-bond acceptors (Lipinski definition) is 6. The van der Waals surface area contributed by atoms with Gasteiger partial charge in [0.1, 0.15) is 11.5 Å². The van der Waals surface area contributed by atoms with Crippen LogP contribution in [-0.4, -0.2) is 28.0 Å². The van der Waals surface area contributed by atoms with Crippen LogP contribution in [0, 0.1) is 0 Å². The molecule has 0 radical (unpaired) electrons. The van der Waals surface area contributed by atoms with Gasteiger partial charge in [0.15, 0.2) is 0 Å². The normalized spacial score (nSPS) is 10.9. The molecule has 3 N–H and O–H groups in total. The summed E-state index contributed by atoms with van der Waals surface area (Å²) in [5.74, 6) is -0.471. The van der Waals surface area contributed by atoms with Crippen molar-refractivity contribution >= 4 is 27.3 Å². The third-order valence-corrected chi connectivity index (χ3v) is 5.88. The molecule has 0 saturated heterocycles. The number of halogens is 2. The van der Waals surface area contributed by atoms with Crippen molar-refractivity contribution in [3.63, 3.8) is 0 Å². The molecule has 0 bridgehead atoms. The number of alkyl halides is 2. The molecule has 0 spiro atoms. The number of carbonyl (C=O) groups excluding carboxylic acids is 1. The minimum absolute atomic E-state index is 0.0281. The molecule has 0 aliphatic carbocycles. The van der Waals surface area contributed by atoms with Crippen molar-refractivity contribution in [2.24, 2.45) is 0 Å². The molecule has 0 aromatic heterocycles. The molecular formula is C23H21F2N3O5S. The molecule has 11 heteroatoms. The SMILES string of the molecule is C=C(NNC(=O)c1cccc(S(=O)(=O)Nc2ccccc2OC)c1)c1ccccc1OC(F)F. The minimum atomic E-state index is -4.03. The van der Waals surface area contributed by atoms with Crippen LogP contribution in [-0.2, 0) is 10.0 Å². The zero-order valence-corrected chi connectivity index (χ0v) is 18.7. The van der Waals surface area contributed by atoms with Crippen LogP contribution >= 0.6 is 0 Å². The highest BCUT2D eigenvalue weighted by atomic mass is 32.2. The Hall–Kier alpha value is -4.12. The van der Waals surface area contributed by atoms with Gasteiger partial charge >= 0.3 is 6.61 Å². The van der Waals surface area contributed by atoms with Gasteiger partial charge in [-0.05, 0) is 42.5 Å². The maximum absolute atomic E-state index is 12.8. The van der Waals surface area contributed by atoms with E-state index in [4.69, 9.17) is 4.74 Å². The summed E-state index contributed by atoms with van der Waals surface area (Å²) in [7, 11) is -2.62. The number of ether oxygens (including phenoxy) is 2. The molecule has 0 heterocycles. The summed E-state index contributed by atoms with van der Waals surface area (Å²) in [6.45, 7) is 0.680. The molecule has 3 aromatic carbocycles. The summed E-state index contributed by atoms with van der Waals surface area (Å²) in [6.07, 6.45) is 0. The molecule has 34 heavy (non-hydrogen) atoms. The first-order valence-corrected chi connectivity index (χ1v) is 11.2. The van der Waals surface area contributed by atoms with Gasteiger partial charge in [-0.3, -0.25) is 20.4 Å². The largest absolute Gasteiger partial charge is 0.495 e. The van der Waals surface area contributed by atoms with E-state index in [1.165, 1.54) is 55.6 Å². The van der Waals surface area contributed by atoms with Crippen LogP contribution in [0.3, 0.4) is 0 Å². The van der Waals surface area contributed by atoms with E-state index in [1.54, 1.807) is 24.3 Å². The second-order valence-electron chi connectivity index (χ2n) is 6.77. The summed E-state index contributed by atoms with van der Waals surface area (Å²) in [4.78, 5) is 12.4. The van der Waals surface area contributed by atoms with Gasteiger partial charge < -0.3 is 9.47 Å². The molecule has 0 saturated carbocycles. The predicted octanol–water partition coefficient (Wildman–Crippen LogP) is 4.00. The van der Waals surface area contributed by atoms with Crippen molar-refractivity contribution < 1.29 is 31.5 Å². The van der Waals surface area contributed by atoms with E-state index in [9.17, 15) is 22.0 Å². The van der Waals surface area contributed by atoms with Crippen molar-refractivity contribution in [1.82, 2.24) is 10.9 Å². The molecule has 3 rings (SSSR count). The van der Waals surface area contributed by atoms with Gasteiger partial charge in [0.2, 0.25) is 0 Å². The number of amides is 1. The standard InChI is InChI=1S/C23H21F2N3O5S/c1-15(18-10-3-5-12-20(18)33-23(24)25)26-27-22(29)16-8-7-9-17(14-16)34(30,31)28-19-11-4-6-13-21(19)32-2/h3-14,23,26,28H,1H2,2H3,(H,27,29). The molecular weight excluding hydrogens is 468 g/mol. The molecule has 0 fully saturated rings. The zero-order chi connectivity index (χ0) is 24.7. The van der Waals surface area contributed by atoms with E-state index >= 15 is 0 Å². The lowest BCUT2D eigenvalue weighted by Crippen LogP contribution is -2.36. The van der Waals surface area contributed by atoms with Crippen molar-refractivity contribution in [2.45, 2.75) is 11.5 Å². The quantitative estimate of drug-likeness (QED) is 0.372. The molecule has 1 amide bonds. The van der Waals surface area contributed by atoms with Crippen LogP contribution in [0.15, 0.2) is 84.3 Å². The monoisotopic (exact) mass is 489 g/mol. The van der Waals surface area contributed by atoms with Crippen molar-refractivity contribution in [2.75, 3.05) is 11.8 Å². The molecule has 0 atom stereocenters. The average molecular weight is 490 g/mol. The van der Waals surface area contributed by atoms with Crippen LogP contribution in [0.2, 0.25) is 0 Å². The Morgan fingerprint density at radius 3 is 2.32 bits per heavy atom. The Labute approximate surface area is 195 Å². The van der Waals surface area contributed by atoms with E-state index in [0.29, 0.717) is 5.75 Å². The number of nitrogens with one attached hydrogen (secondary N) is 3. The maximum Gasteiger partial charge on any atom is 0.387 e. The summed E-state index contributed by atoms with van der Waals surface area (Å²) in [5.41, 5.74) is 5.45. The number of hydrazine groups is 1. The summed E-state index contributed by atoms with van der Waals surface area (Å²) in [5, 5.41) is 0. The molecule has 8 nitrogen and oxygen atoms in total. The molecule has 0 unspecified atom stereocenters. The number of anilines is 1. The predicted molar refractivity (Wildman–Crippen MR) is 123 cm³/mol. The number of benzene rings is 3. The fourth-order valence-corrected chi connectivity index (χ4v) is 4.04. The third-order valence-electron chi connectivity index (χ3n) is 4.51. The van der Waals surface area contributed by atoms with Gasteiger partial charge in [-0.15, -0.1) is 0 Å². The number of para-hydroxylation sites is 3. The molecule has 178 valence electrons. The van der Waals surface area contributed by atoms with Gasteiger partial charge in [0, 0.05) is 11.1 Å². The molecule has 3 aromatic rings. The fraction of sp³-hybridized carbons (Fsp3) is 0.0870. The lowest BCUT2D eigenvalue weighted by Gasteiger charge is -2.15. The van der Waals surface area contributed by atoms with Crippen LogP contribution in [0.4, 0.5) is 14.5 Å². The lowest BCUT2D eigenvalue weighted by molar-refractivity contribution is -0.0500. The highest BCUT2D eigenvalue weighted by molar-refractivity contribution is 7.92. The van der Waals surface area contributed by atoms with E-state index < -0.39 is 22.5 Å². The van der Waals surface area contributed by atoms with Crippen LogP contribution in [0.25, 0.3) is 5.70 Å². The van der Waals surface area contributed by atoms with E-state index in [2.05, 4.69) is 26.9 Å². The first-order valence-electron chi connectivity index (χ1n) is 9.76. The zero-order valence-electron chi connectivity index (χ0n) is 17.9. The van der Waals surface area contributed by atoms with Gasteiger partial charge in [0.05, 0.1) is 23.4 Å². The minimum Gasteiger partial charge on any atom is -0.495 e. The molecule has 0 aliphatic rings. The van der Waals surface area contributed by atoms with Gasteiger partial charge in [-0.2, -0.15) is 8.78 Å². The second kappa shape index (κ2) is 10.7. The van der Waals surface area contributed by atoms with E-state index in [-0.39, 0.29) is 33.2 Å². The van der Waals surface area contributed by atoms with E-state index in [1.807, 2.05) is 0 Å². The highest BCUT2D eigenvalue weighted by Crippen LogP contribution is 2.27. The smallest absolute Gasteiger partial charge is 0.387 e. The topological polar surface area (TPSA) is 106 Å². The van der Waals surface area contributed by atoms with Crippen molar-refractivity contribution in [3.05, 3.63) is 90.5 Å². The Kier molecular flexibility index (Phi) is 7.69. The highest BCUT2D eigenvalue weighted by Gasteiger charge is 2.19. The Morgan fingerprint density at radius 1 is 0.941 bits per heavy atom. The molecule has 0 aliphatic heterocycles. The Morgan fingerprint density at radius 2 is 1.62 bits per heavy atom. The first kappa shape index (κ1) is 24.5. The Bertz CT molecular complexity index is 1300. The summed E-state index contributed by atoms with van der Waals surface area (Å²) in [6, 6.07) is 17.7. The fourth-order valence-electron chi connectivity index (χ4n) is 2.92. The van der Waals surface area contributed by atoms with Gasteiger partial charge in [0.25, 0.3) is 15.9 Å². The Balaban J connectivity index is 1.72. The summed E-state index contributed by atoms with van der Waals surface area (Å²) < 4.78 is 62.9. The number of rotatable bonds is 10. The van der Waals surface area contributed by atoms with Crippen LogP contribution in [0.5, 0.6) is 11.5 Å². The van der Waals surface area contributed by atoms with Gasteiger partial charge in [-0.25, -0.2) is 8.42 Å². The first-order chi connectivity index (χ1) is 16.2. The number of methoxy groups -OCH3 is 1. The maximum atomic E-state index is 12.8. The summed E-state index contributed by atoms with van der Waals surface area (Å²) >= 11 is 0. The third kappa shape index (κ3) is 6.01. The van der Waals surface area contributed by atoms with Crippen molar-refractivity contribution in [3.8, 4) is 11.5 Å². The van der Waals surface area contributed by atoms with Crippen LogP contribution in [0.1, 0.15) is 15.9 Å². The van der Waals surface area contributed by atoms with E-state index in [0.717, 1.165) is 0 Å².